The molecule has 68 valence electrons. The minimum absolute atomic E-state index is 0.144. The lowest BCUT2D eigenvalue weighted by Gasteiger charge is -1.91. The van der Waals surface area contributed by atoms with E-state index < -0.39 is 0 Å². The van der Waals surface area contributed by atoms with Crippen LogP contribution < -0.4 is 16.3 Å². The van der Waals surface area contributed by atoms with E-state index in [-0.39, 0.29) is 5.56 Å². The van der Waals surface area contributed by atoms with E-state index in [1.54, 1.807) is 19.1 Å². The maximum absolute atomic E-state index is 11.2. The van der Waals surface area contributed by atoms with Gasteiger partial charge in [0.15, 0.2) is 0 Å². The van der Waals surface area contributed by atoms with E-state index in [1.165, 1.54) is 0 Å². The van der Waals surface area contributed by atoms with Crippen molar-refractivity contribution in [2.45, 2.75) is 13.8 Å². The Labute approximate surface area is 76.2 Å². The molecule has 0 aliphatic carbocycles. The molecule has 3 nitrogen and oxygen atoms in total. The molecule has 0 aliphatic rings. The first-order valence-corrected chi connectivity index (χ1v) is 4.05. The fourth-order valence-electron chi connectivity index (χ4n) is 1.03. The fraction of sp³-hybridized carbons (Fsp3) is 0.200. The summed E-state index contributed by atoms with van der Waals surface area (Å²) in [5.41, 5.74) is 0.327. The lowest BCUT2D eigenvalue weighted by Crippen LogP contribution is -2.38. The second-order valence-corrected chi connectivity index (χ2v) is 2.64. The van der Waals surface area contributed by atoms with Crippen LogP contribution in [0.4, 0.5) is 0 Å². The van der Waals surface area contributed by atoms with E-state index in [0.29, 0.717) is 5.69 Å². The van der Waals surface area contributed by atoms with E-state index in [0.717, 1.165) is 10.7 Å². The summed E-state index contributed by atoms with van der Waals surface area (Å²) in [5, 5.41) is 1.48. The van der Waals surface area contributed by atoms with Gasteiger partial charge in [0, 0.05) is 0 Å². The molecule has 3 heteroatoms. The van der Waals surface area contributed by atoms with E-state index in [2.05, 4.69) is 16.5 Å². The summed E-state index contributed by atoms with van der Waals surface area (Å²) in [6, 6.07) is 0. The average molecular weight is 176 g/mol. The topological polar surface area (TPSA) is 45.8 Å². The van der Waals surface area contributed by atoms with Crippen LogP contribution in [0.1, 0.15) is 12.6 Å². The molecule has 1 aromatic heterocycles. The predicted molar refractivity (Wildman–Crippen MR) is 53.6 cm³/mol. The van der Waals surface area contributed by atoms with Gasteiger partial charge in [-0.3, -0.25) is 4.79 Å². The number of nitrogens with zero attached hydrogens (tertiary/aromatic N) is 1. The molecule has 1 aromatic rings. The summed E-state index contributed by atoms with van der Waals surface area (Å²) >= 11 is 0. The Morgan fingerprint density at radius 3 is 2.77 bits per heavy atom. The van der Waals surface area contributed by atoms with Crippen molar-refractivity contribution < 1.29 is 0 Å². The Balaban J connectivity index is 3.72. The van der Waals surface area contributed by atoms with Crippen LogP contribution in [0.25, 0.3) is 12.2 Å². The minimum atomic E-state index is -0.144. The number of aromatic nitrogens is 2. The third kappa shape index (κ3) is 1.93. The van der Waals surface area contributed by atoms with Crippen molar-refractivity contribution in [3.8, 4) is 0 Å². The number of hydrogen-bond donors (Lipinski definition) is 1. The highest BCUT2D eigenvalue weighted by Crippen LogP contribution is 1.69. The van der Waals surface area contributed by atoms with Crippen LogP contribution in [0.15, 0.2) is 17.4 Å². The van der Waals surface area contributed by atoms with Crippen molar-refractivity contribution in [2.75, 3.05) is 0 Å². The maximum atomic E-state index is 11.2. The summed E-state index contributed by atoms with van der Waals surface area (Å²) < 4.78 is 0. The van der Waals surface area contributed by atoms with Gasteiger partial charge in [0.2, 0.25) is 0 Å². The standard InChI is InChI=1S/C10H12N2O/c1-4-6-9-8(5-2)12-10(13)7(3)11-9/h4-6H,1H2,2-3H3,(H,12,13)/b8-5+,9-6+. The van der Waals surface area contributed by atoms with Crippen LogP contribution in [0.3, 0.4) is 0 Å². The molecular formula is C10H12N2O. The Bertz CT molecular complexity index is 483. The lowest BCUT2D eigenvalue weighted by molar-refractivity contribution is 0.992. The Hall–Kier alpha value is -1.64. The summed E-state index contributed by atoms with van der Waals surface area (Å²) in [5.74, 6) is 0. The van der Waals surface area contributed by atoms with Crippen molar-refractivity contribution in [1.82, 2.24) is 9.97 Å². The van der Waals surface area contributed by atoms with Crippen molar-refractivity contribution in [1.29, 1.82) is 0 Å². The van der Waals surface area contributed by atoms with Crippen LogP contribution in [-0.4, -0.2) is 9.97 Å². The number of rotatable bonds is 1. The highest BCUT2D eigenvalue weighted by molar-refractivity contribution is 5.33. The zero-order valence-electron chi connectivity index (χ0n) is 7.79. The van der Waals surface area contributed by atoms with Gasteiger partial charge in [0.25, 0.3) is 5.56 Å². The van der Waals surface area contributed by atoms with Crippen molar-refractivity contribution in [2.24, 2.45) is 0 Å². The van der Waals surface area contributed by atoms with Gasteiger partial charge >= 0.3 is 0 Å². The molecule has 0 amide bonds. The zero-order valence-corrected chi connectivity index (χ0v) is 7.79. The number of hydrogen-bond acceptors (Lipinski definition) is 2. The summed E-state index contributed by atoms with van der Waals surface area (Å²) in [4.78, 5) is 18.0. The SMILES string of the molecule is C=C/C=c1/nc(C)c(=O)[nH]/c1=C/C. The quantitative estimate of drug-likeness (QED) is 0.646. The van der Waals surface area contributed by atoms with Gasteiger partial charge in [-0.1, -0.05) is 18.7 Å². The lowest BCUT2D eigenvalue weighted by atomic mass is 10.4. The van der Waals surface area contributed by atoms with E-state index in [1.807, 2.05) is 13.0 Å². The molecule has 1 heterocycles. The molecule has 1 N–H and O–H groups in total. The van der Waals surface area contributed by atoms with Gasteiger partial charge in [-0.25, -0.2) is 4.98 Å². The first kappa shape index (κ1) is 9.45. The second kappa shape index (κ2) is 3.85. The molecule has 0 saturated heterocycles. The summed E-state index contributed by atoms with van der Waals surface area (Å²) in [6.07, 6.45) is 5.22. The van der Waals surface area contributed by atoms with Crippen LogP contribution in [0.5, 0.6) is 0 Å². The van der Waals surface area contributed by atoms with E-state index in [4.69, 9.17) is 0 Å². The largest absolute Gasteiger partial charge is 0.319 e. The molecule has 0 saturated carbocycles. The molecule has 13 heavy (non-hydrogen) atoms. The smallest absolute Gasteiger partial charge is 0.269 e. The highest BCUT2D eigenvalue weighted by atomic mass is 16.1. The van der Waals surface area contributed by atoms with Gasteiger partial charge in [-0.2, -0.15) is 0 Å². The zero-order chi connectivity index (χ0) is 9.84. The third-order valence-electron chi connectivity index (χ3n) is 1.71. The molecule has 0 fully saturated rings. The second-order valence-electron chi connectivity index (χ2n) is 2.64. The summed E-state index contributed by atoms with van der Waals surface area (Å²) in [6.45, 7) is 7.11. The first-order chi connectivity index (χ1) is 6.19. The summed E-state index contributed by atoms with van der Waals surface area (Å²) in [7, 11) is 0. The molecule has 0 bridgehead atoms. The van der Waals surface area contributed by atoms with E-state index >= 15 is 0 Å². The van der Waals surface area contributed by atoms with Crippen molar-refractivity contribution in [3.05, 3.63) is 39.4 Å². The molecule has 1 rings (SSSR count). The Morgan fingerprint density at radius 2 is 2.23 bits per heavy atom. The van der Waals surface area contributed by atoms with Crippen molar-refractivity contribution >= 4 is 12.2 Å². The number of aryl methyl sites for hydroxylation is 1. The van der Waals surface area contributed by atoms with Gasteiger partial charge < -0.3 is 4.98 Å². The molecule has 0 aromatic carbocycles. The third-order valence-corrected chi connectivity index (χ3v) is 1.71. The predicted octanol–water partition coefficient (Wildman–Crippen LogP) is -0.155. The first-order valence-electron chi connectivity index (χ1n) is 4.05. The van der Waals surface area contributed by atoms with Crippen molar-refractivity contribution in [3.63, 3.8) is 0 Å². The van der Waals surface area contributed by atoms with Gasteiger partial charge in [0.1, 0.15) is 5.69 Å². The van der Waals surface area contributed by atoms with Gasteiger partial charge in [-0.05, 0) is 19.9 Å². The molecule has 0 aliphatic heterocycles. The maximum Gasteiger partial charge on any atom is 0.269 e. The van der Waals surface area contributed by atoms with Crippen LogP contribution in [-0.2, 0) is 0 Å². The average Bonchev–Trinajstić information content (AvgIpc) is 2.11. The number of allylic oxidation sites excluding steroid dienone is 1. The fourth-order valence-corrected chi connectivity index (χ4v) is 1.03. The number of nitrogens with one attached hydrogen (secondary N) is 1. The van der Waals surface area contributed by atoms with E-state index in [9.17, 15) is 4.79 Å². The molecular weight excluding hydrogens is 164 g/mol. The van der Waals surface area contributed by atoms with Crippen LogP contribution >= 0.6 is 0 Å². The Kier molecular flexibility index (Phi) is 2.80. The number of aromatic amines is 1. The van der Waals surface area contributed by atoms with Gasteiger partial charge in [-0.15, -0.1) is 0 Å². The molecule has 0 radical (unpaired) electrons. The molecule has 0 atom stereocenters. The number of H-pyrrole nitrogens is 1. The van der Waals surface area contributed by atoms with Crippen LogP contribution in [0.2, 0.25) is 0 Å². The monoisotopic (exact) mass is 176 g/mol. The normalized spacial score (nSPS) is 13.4. The molecule has 0 unspecified atom stereocenters. The minimum Gasteiger partial charge on any atom is -0.319 e. The highest BCUT2D eigenvalue weighted by Gasteiger charge is 1.93. The van der Waals surface area contributed by atoms with Gasteiger partial charge in [0.05, 0.1) is 10.7 Å². The Morgan fingerprint density at radius 1 is 1.54 bits per heavy atom. The molecule has 0 spiro atoms. The van der Waals surface area contributed by atoms with Crippen LogP contribution in [0, 0.1) is 6.92 Å².